The van der Waals surface area contributed by atoms with Crippen LogP contribution in [0.1, 0.15) is 61.8 Å². The van der Waals surface area contributed by atoms with E-state index in [1.54, 1.807) is 23.8 Å². The van der Waals surface area contributed by atoms with Crippen molar-refractivity contribution in [3.8, 4) is 11.5 Å². The van der Waals surface area contributed by atoms with Gasteiger partial charge in [-0.2, -0.15) is 0 Å². The maximum atomic E-state index is 13.3. The molecular weight excluding hydrogens is 402 g/mol. The van der Waals surface area contributed by atoms with Gasteiger partial charge in [0.1, 0.15) is 11.4 Å². The minimum atomic E-state index is -0.489. The zero-order chi connectivity index (χ0) is 21.8. The molecule has 30 heavy (non-hydrogen) atoms. The van der Waals surface area contributed by atoms with Crippen LogP contribution >= 0.6 is 11.8 Å². The number of piperidine rings is 1. The molecule has 0 aliphatic carbocycles. The minimum Gasteiger partial charge on any atom is -0.493 e. The average molecular weight is 434 g/mol. The lowest BCUT2D eigenvalue weighted by Crippen LogP contribution is -2.63. The Bertz CT molecular complexity index is 869. The van der Waals surface area contributed by atoms with Crippen molar-refractivity contribution in [2.24, 2.45) is 0 Å². The molecule has 2 atom stereocenters. The Kier molecular flexibility index (Phi) is 5.21. The fourth-order valence-corrected chi connectivity index (χ4v) is 6.87. The number of carbonyl (C=O) groups excluding carboxylic acids is 2. The quantitative estimate of drug-likeness (QED) is 0.760. The molecule has 3 aliphatic rings. The molecule has 8 heteroatoms. The fraction of sp³-hybridized carbons (Fsp3) is 0.636. The van der Waals surface area contributed by atoms with E-state index < -0.39 is 6.04 Å². The van der Waals surface area contributed by atoms with E-state index in [2.05, 4.69) is 38.3 Å². The Morgan fingerprint density at radius 1 is 1.17 bits per heavy atom. The van der Waals surface area contributed by atoms with E-state index in [9.17, 15) is 9.59 Å². The molecule has 0 saturated carbocycles. The second kappa shape index (κ2) is 7.34. The molecule has 2 saturated heterocycles. The van der Waals surface area contributed by atoms with Gasteiger partial charge in [-0.3, -0.25) is 9.59 Å². The van der Waals surface area contributed by atoms with E-state index in [1.165, 1.54) is 7.11 Å². The highest BCUT2D eigenvalue weighted by atomic mass is 32.2. The van der Waals surface area contributed by atoms with E-state index in [4.69, 9.17) is 9.47 Å². The molecule has 164 valence electrons. The molecule has 0 radical (unpaired) electrons. The number of carbonyl (C=O) groups is 2. The first-order chi connectivity index (χ1) is 14.1. The number of benzene rings is 1. The van der Waals surface area contributed by atoms with E-state index in [-0.39, 0.29) is 34.3 Å². The summed E-state index contributed by atoms with van der Waals surface area (Å²) in [6.45, 7) is 8.65. The molecule has 2 amide bonds. The zero-order valence-electron chi connectivity index (χ0n) is 18.5. The predicted octanol–water partition coefficient (Wildman–Crippen LogP) is 2.70. The highest BCUT2D eigenvalue weighted by Crippen LogP contribution is 2.52. The number of methoxy groups -OCH3 is 2. The van der Waals surface area contributed by atoms with Gasteiger partial charge in [-0.25, -0.2) is 0 Å². The maximum absolute atomic E-state index is 13.3. The fourth-order valence-electron chi connectivity index (χ4n) is 5.42. The number of hydrogen-bond donors (Lipinski definition) is 2. The molecule has 7 nitrogen and oxygen atoms in total. The Morgan fingerprint density at radius 3 is 2.43 bits per heavy atom. The van der Waals surface area contributed by atoms with Crippen LogP contribution in [0.5, 0.6) is 11.5 Å². The molecule has 3 aliphatic heterocycles. The Morgan fingerprint density at radius 2 is 1.83 bits per heavy atom. The van der Waals surface area contributed by atoms with Crippen LogP contribution in [0, 0.1) is 0 Å². The Balaban J connectivity index is 1.55. The summed E-state index contributed by atoms with van der Waals surface area (Å²) in [5.41, 5.74) is 1.28. The van der Waals surface area contributed by atoms with Crippen molar-refractivity contribution in [3.05, 3.63) is 23.3 Å². The van der Waals surface area contributed by atoms with Gasteiger partial charge in [-0.1, -0.05) is 6.07 Å². The third kappa shape index (κ3) is 3.54. The lowest BCUT2D eigenvalue weighted by Gasteiger charge is -2.46. The first kappa shape index (κ1) is 21.3. The van der Waals surface area contributed by atoms with Crippen LogP contribution in [0.25, 0.3) is 0 Å². The summed E-state index contributed by atoms with van der Waals surface area (Å²) in [6, 6.07) is 3.31. The van der Waals surface area contributed by atoms with E-state index in [0.29, 0.717) is 22.8 Å². The average Bonchev–Trinajstić information content (AvgIpc) is 3.18. The zero-order valence-corrected chi connectivity index (χ0v) is 19.3. The summed E-state index contributed by atoms with van der Waals surface area (Å²) in [4.78, 5) is 28.3. The SMILES string of the molecule is COc1ccc2c(c1OC)C(=O)N1C2SC[C@H]1C(=O)NC1CC(C)(C)NC(C)(C)C1. The second-order valence-electron chi connectivity index (χ2n) is 9.69. The molecule has 4 rings (SSSR count). The molecule has 1 unspecified atom stereocenters. The third-order valence-electron chi connectivity index (χ3n) is 6.13. The Labute approximate surface area is 182 Å². The highest BCUT2D eigenvalue weighted by Gasteiger charge is 2.51. The van der Waals surface area contributed by atoms with Crippen molar-refractivity contribution in [2.75, 3.05) is 20.0 Å². The monoisotopic (exact) mass is 433 g/mol. The summed E-state index contributed by atoms with van der Waals surface area (Å²) < 4.78 is 10.8. The minimum absolute atomic E-state index is 0.0592. The number of hydrogen-bond acceptors (Lipinski definition) is 6. The van der Waals surface area contributed by atoms with Crippen molar-refractivity contribution >= 4 is 23.6 Å². The van der Waals surface area contributed by atoms with Crippen molar-refractivity contribution < 1.29 is 19.1 Å². The van der Waals surface area contributed by atoms with Gasteiger partial charge in [0.05, 0.1) is 19.8 Å². The molecule has 0 aromatic heterocycles. The number of nitrogens with zero attached hydrogens (tertiary/aromatic N) is 1. The third-order valence-corrected chi connectivity index (χ3v) is 7.44. The summed E-state index contributed by atoms with van der Waals surface area (Å²) in [5, 5.41) is 6.72. The van der Waals surface area contributed by atoms with Gasteiger partial charge in [0.25, 0.3) is 5.91 Å². The largest absolute Gasteiger partial charge is 0.493 e. The smallest absolute Gasteiger partial charge is 0.260 e. The summed E-state index contributed by atoms with van der Waals surface area (Å²) >= 11 is 1.63. The van der Waals surface area contributed by atoms with Crippen LogP contribution in [0.4, 0.5) is 0 Å². The standard InChI is InChI=1S/C22H31N3O4S/c1-21(2)9-12(10-22(3,4)24-21)23-18(26)14-11-30-20-13-7-8-15(28-5)17(29-6)16(13)19(27)25(14)20/h7-8,12,14,20,24H,9-11H2,1-6H3,(H,23,26)/t14-,20?/m0/s1. The van der Waals surface area contributed by atoms with Gasteiger partial charge >= 0.3 is 0 Å². The predicted molar refractivity (Wildman–Crippen MR) is 117 cm³/mol. The topological polar surface area (TPSA) is 79.9 Å². The van der Waals surface area contributed by atoms with E-state index in [0.717, 1.165) is 18.4 Å². The van der Waals surface area contributed by atoms with Crippen LogP contribution in [-0.2, 0) is 4.79 Å². The second-order valence-corrected chi connectivity index (χ2v) is 10.8. The van der Waals surface area contributed by atoms with Crippen molar-refractivity contribution in [2.45, 2.75) is 69.1 Å². The number of ether oxygens (including phenoxy) is 2. The molecule has 0 bridgehead atoms. The number of rotatable bonds is 4. The van der Waals surface area contributed by atoms with Crippen LogP contribution in [0.3, 0.4) is 0 Å². The number of thioether (sulfide) groups is 1. The molecular formula is C22H31N3O4S. The van der Waals surface area contributed by atoms with Crippen molar-refractivity contribution in [1.29, 1.82) is 0 Å². The van der Waals surface area contributed by atoms with Crippen LogP contribution in [0.15, 0.2) is 12.1 Å². The van der Waals surface area contributed by atoms with E-state index in [1.807, 2.05) is 12.1 Å². The molecule has 3 heterocycles. The molecule has 2 fully saturated rings. The van der Waals surface area contributed by atoms with Gasteiger partial charge in [-0.05, 0) is 46.6 Å². The highest BCUT2D eigenvalue weighted by molar-refractivity contribution is 7.99. The maximum Gasteiger partial charge on any atom is 0.260 e. The number of fused-ring (bicyclic) bond motifs is 3. The number of nitrogens with one attached hydrogen (secondary N) is 2. The van der Waals surface area contributed by atoms with Gasteiger partial charge in [0.15, 0.2) is 11.5 Å². The number of amides is 2. The van der Waals surface area contributed by atoms with Gasteiger partial charge < -0.3 is 25.0 Å². The van der Waals surface area contributed by atoms with Crippen molar-refractivity contribution in [3.63, 3.8) is 0 Å². The first-order valence-electron chi connectivity index (χ1n) is 10.4. The lowest BCUT2D eigenvalue weighted by atomic mass is 9.79. The van der Waals surface area contributed by atoms with E-state index >= 15 is 0 Å². The van der Waals surface area contributed by atoms with Crippen molar-refractivity contribution in [1.82, 2.24) is 15.5 Å². The van der Waals surface area contributed by atoms with Gasteiger partial charge in [0.2, 0.25) is 5.91 Å². The van der Waals surface area contributed by atoms with Crippen LogP contribution < -0.4 is 20.1 Å². The molecule has 1 aromatic carbocycles. The first-order valence-corrected chi connectivity index (χ1v) is 11.4. The van der Waals surface area contributed by atoms with Crippen LogP contribution in [0.2, 0.25) is 0 Å². The molecule has 0 spiro atoms. The van der Waals surface area contributed by atoms with Crippen LogP contribution in [-0.4, -0.2) is 59.8 Å². The Hall–Kier alpha value is -1.93. The molecule has 1 aromatic rings. The summed E-state index contributed by atoms with van der Waals surface area (Å²) in [7, 11) is 3.09. The molecule has 2 N–H and O–H groups in total. The summed E-state index contributed by atoms with van der Waals surface area (Å²) in [6.07, 6.45) is 1.70. The lowest BCUT2D eigenvalue weighted by molar-refractivity contribution is -0.126. The normalized spacial score (nSPS) is 26.9. The van der Waals surface area contributed by atoms with Gasteiger partial charge in [-0.15, -0.1) is 11.8 Å². The van der Waals surface area contributed by atoms with Gasteiger partial charge in [0, 0.05) is 28.4 Å². The summed E-state index contributed by atoms with van der Waals surface area (Å²) in [5.74, 6) is 1.32.